The van der Waals surface area contributed by atoms with Crippen molar-refractivity contribution >= 4 is 12.1 Å². The van der Waals surface area contributed by atoms with E-state index in [1.807, 2.05) is 0 Å². The van der Waals surface area contributed by atoms with Gasteiger partial charge in [0.25, 0.3) is 0 Å². The first kappa shape index (κ1) is 10.1. The molecule has 0 spiro atoms. The molecule has 2 heterocycles. The fourth-order valence-corrected chi connectivity index (χ4v) is 2.03. The Balaban J connectivity index is 2.09. The van der Waals surface area contributed by atoms with E-state index in [4.69, 9.17) is 0 Å². The van der Waals surface area contributed by atoms with Crippen molar-refractivity contribution in [1.82, 2.24) is 20.4 Å². The third kappa shape index (κ3) is 1.49. The SMILES string of the molecule is CCCCN1C(=O)N(C)[C@H]2NC(=O)N[C@@H]21. The van der Waals surface area contributed by atoms with Crippen LogP contribution in [0.1, 0.15) is 19.8 Å². The lowest BCUT2D eigenvalue weighted by atomic mass is 10.3. The lowest BCUT2D eigenvalue weighted by Crippen LogP contribution is -2.43. The number of nitrogens with one attached hydrogen (secondary N) is 2. The van der Waals surface area contributed by atoms with E-state index in [0.717, 1.165) is 12.8 Å². The summed E-state index contributed by atoms with van der Waals surface area (Å²) in [4.78, 5) is 26.2. The third-order valence-electron chi connectivity index (χ3n) is 2.91. The largest absolute Gasteiger partial charge is 0.323 e. The number of nitrogens with zero attached hydrogens (tertiary/aromatic N) is 2. The van der Waals surface area contributed by atoms with Gasteiger partial charge in [-0.1, -0.05) is 13.3 Å². The predicted octanol–water partition coefficient (Wildman–Crippen LogP) is 0.119. The Morgan fingerprint density at radius 3 is 2.60 bits per heavy atom. The van der Waals surface area contributed by atoms with E-state index in [1.165, 1.54) is 0 Å². The number of rotatable bonds is 3. The first-order chi connectivity index (χ1) is 7.15. The predicted molar refractivity (Wildman–Crippen MR) is 54.0 cm³/mol. The quantitative estimate of drug-likeness (QED) is 0.698. The maximum absolute atomic E-state index is 11.8. The van der Waals surface area contributed by atoms with Crippen LogP contribution in [0.25, 0.3) is 0 Å². The summed E-state index contributed by atoms with van der Waals surface area (Å²) >= 11 is 0. The summed E-state index contributed by atoms with van der Waals surface area (Å²) in [6, 6.07) is -0.225. The molecular weight excluding hydrogens is 196 g/mol. The summed E-state index contributed by atoms with van der Waals surface area (Å²) < 4.78 is 0. The van der Waals surface area contributed by atoms with Crippen LogP contribution in [0.3, 0.4) is 0 Å². The fourth-order valence-electron chi connectivity index (χ4n) is 2.03. The average molecular weight is 212 g/mol. The number of likely N-dealkylation sites (N-methyl/N-ethyl adjacent to an activating group) is 1. The number of carbonyl (C=O) groups is 2. The summed E-state index contributed by atoms with van der Waals surface area (Å²) in [7, 11) is 1.71. The second-order valence-electron chi connectivity index (χ2n) is 3.95. The summed E-state index contributed by atoms with van der Waals surface area (Å²) in [6.45, 7) is 2.77. The molecule has 15 heavy (non-hydrogen) atoms. The van der Waals surface area contributed by atoms with Gasteiger partial charge in [-0.15, -0.1) is 0 Å². The Morgan fingerprint density at radius 2 is 1.93 bits per heavy atom. The summed E-state index contributed by atoms with van der Waals surface area (Å²) in [5.74, 6) is 0. The van der Waals surface area contributed by atoms with E-state index in [1.54, 1.807) is 16.8 Å². The molecule has 84 valence electrons. The van der Waals surface area contributed by atoms with Gasteiger partial charge in [-0.05, 0) is 6.42 Å². The number of fused-ring (bicyclic) bond motifs is 1. The molecule has 2 aliphatic rings. The molecule has 0 unspecified atom stereocenters. The minimum Gasteiger partial charge on any atom is -0.314 e. The van der Waals surface area contributed by atoms with Crippen LogP contribution in [-0.4, -0.2) is 47.8 Å². The molecule has 0 aromatic carbocycles. The van der Waals surface area contributed by atoms with Gasteiger partial charge in [-0.25, -0.2) is 9.59 Å². The van der Waals surface area contributed by atoms with Crippen molar-refractivity contribution in [2.24, 2.45) is 0 Å². The minimum absolute atomic E-state index is 0.0223. The molecular formula is C9H16N4O2. The van der Waals surface area contributed by atoms with Crippen molar-refractivity contribution in [2.75, 3.05) is 13.6 Å². The van der Waals surface area contributed by atoms with E-state index in [9.17, 15) is 9.59 Å². The molecule has 2 fully saturated rings. The van der Waals surface area contributed by atoms with Gasteiger partial charge in [0.2, 0.25) is 0 Å². The number of unbranched alkanes of at least 4 members (excludes halogenated alkanes) is 1. The standard InChI is InChI=1S/C9H16N4O2/c1-3-4-5-13-7-6(10-8(14)11-7)12(2)9(13)15/h6-7H,3-5H2,1-2H3,(H2,10,11,14)/t6-,7-/m1/s1. The number of carbonyl (C=O) groups excluding carboxylic acids is 2. The van der Waals surface area contributed by atoms with Gasteiger partial charge >= 0.3 is 12.1 Å². The van der Waals surface area contributed by atoms with Crippen LogP contribution in [0.2, 0.25) is 0 Å². The molecule has 2 rings (SSSR count). The maximum atomic E-state index is 11.8. The Kier molecular flexibility index (Phi) is 2.42. The van der Waals surface area contributed by atoms with Crippen LogP contribution in [0.5, 0.6) is 0 Å². The molecule has 2 aliphatic heterocycles. The highest BCUT2D eigenvalue weighted by molar-refractivity contribution is 5.84. The number of hydrogen-bond acceptors (Lipinski definition) is 2. The Morgan fingerprint density at radius 1 is 1.27 bits per heavy atom. The molecule has 2 N–H and O–H groups in total. The third-order valence-corrected chi connectivity index (χ3v) is 2.91. The molecule has 0 bridgehead atoms. The average Bonchev–Trinajstić information content (AvgIpc) is 2.67. The maximum Gasteiger partial charge on any atom is 0.323 e. The molecule has 6 nitrogen and oxygen atoms in total. The van der Waals surface area contributed by atoms with Crippen molar-refractivity contribution in [1.29, 1.82) is 0 Å². The van der Waals surface area contributed by atoms with E-state index in [0.29, 0.717) is 6.54 Å². The number of urea groups is 2. The minimum atomic E-state index is -0.221. The lowest BCUT2D eigenvalue weighted by Gasteiger charge is -2.20. The van der Waals surface area contributed by atoms with Crippen LogP contribution in [0.15, 0.2) is 0 Å². The highest BCUT2D eigenvalue weighted by Gasteiger charge is 2.48. The van der Waals surface area contributed by atoms with Crippen molar-refractivity contribution in [3.05, 3.63) is 0 Å². The van der Waals surface area contributed by atoms with Crippen LogP contribution < -0.4 is 10.6 Å². The van der Waals surface area contributed by atoms with E-state index >= 15 is 0 Å². The lowest BCUT2D eigenvalue weighted by molar-refractivity contribution is 0.183. The van der Waals surface area contributed by atoms with Gasteiger partial charge in [-0.3, -0.25) is 0 Å². The highest BCUT2D eigenvalue weighted by atomic mass is 16.2. The topological polar surface area (TPSA) is 64.7 Å². The van der Waals surface area contributed by atoms with Crippen molar-refractivity contribution in [3.63, 3.8) is 0 Å². The van der Waals surface area contributed by atoms with Gasteiger partial charge in [0.1, 0.15) is 12.3 Å². The molecule has 0 aromatic heterocycles. The molecule has 6 heteroatoms. The van der Waals surface area contributed by atoms with Crippen molar-refractivity contribution in [2.45, 2.75) is 32.1 Å². The zero-order valence-corrected chi connectivity index (χ0v) is 8.99. The van der Waals surface area contributed by atoms with Crippen LogP contribution >= 0.6 is 0 Å². The van der Waals surface area contributed by atoms with E-state index < -0.39 is 0 Å². The van der Waals surface area contributed by atoms with Gasteiger partial charge in [-0.2, -0.15) is 0 Å². The molecule has 4 amide bonds. The molecule has 0 radical (unpaired) electrons. The van der Waals surface area contributed by atoms with Crippen LogP contribution in [0.4, 0.5) is 9.59 Å². The first-order valence-corrected chi connectivity index (χ1v) is 5.25. The monoisotopic (exact) mass is 212 g/mol. The second kappa shape index (κ2) is 3.60. The summed E-state index contributed by atoms with van der Waals surface area (Å²) in [5.41, 5.74) is 0. The van der Waals surface area contributed by atoms with Gasteiger partial charge in [0.05, 0.1) is 0 Å². The van der Waals surface area contributed by atoms with E-state index in [-0.39, 0.29) is 24.4 Å². The fraction of sp³-hybridized carbons (Fsp3) is 0.778. The number of hydrogen-bond donors (Lipinski definition) is 2. The van der Waals surface area contributed by atoms with E-state index in [2.05, 4.69) is 17.6 Å². The first-order valence-electron chi connectivity index (χ1n) is 5.25. The van der Waals surface area contributed by atoms with Gasteiger partial charge < -0.3 is 20.4 Å². The molecule has 2 saturated heterocycles. The second-order valence-corrected chi connectivity index (χ2v) is 3.95. The molecule has 0 saturated carbocycles. The Bertz CT molecular complexity index is 294. The molecule has 0 aromatic rings. The Labute approximate surface area is 88.6 Å². The summed E-state index contributed by atoms with van der Waals surface area (Å²) in [5, 5.41) is 5.46. The van der Waals surface area contributed by atoms with Crippen LogP contribution in [-0.2, 0) is 0 Å². The highest BCUT2D eigenvalue weighted by Crippen LogP contribution is 2.21. The smallest absolute Gasteiger partial charge is 0.314 e. The van der Waals surface area contributed by atoms with Crippen molar-refractivity contribution in [3.8, 4) is 0 Å². The normalized spacial score (nSPS) is 29.2. The molecule has 2 atom stereocenters. The van der Waals surface area contributed by atoms with Gasteiger partial charge in [0, 0.05) is 13.6 Å². The Hall–Kier alpha value is -1.46. The summed E-state index contributed by atoms with van der Waals surface area (Å²) in [6.07, 6.45) is 1.56. The zero-order valence-electron chi connectivity index (χ0n) is 8.99. The van der Waals surface area contributed by atoms with Crippen molar-refractivity contribution < 1.29 is 9.59 Å². The number of amides is 4. The van der Waals surface area contributed by atoms with Crippen LogP contribution in [0, 0.1) is 0 Å². The zero-order chi connectivity index (χ0) is 11.0. The molecule has 0 aliphatic carbocycles. The van der Waals surface area contributed by atoms with Gasteiger partial charge in [0.15, 0.2) is 0 Å².